The lowest BCUT2D eigenvalue weighted by molar-refractivity contribution is -0.118. The summed E-state index contributed by atoms with van der Waals surface area (Å²) in [6.45, 7) is -0.247. The molecule has 0 bridgehead atoms. The van der Waals surface area contributed by atoms with Gasteiger partial charge in [-0.3, -0.25) is 4.79 Å². The summed E-state index contributed by atoms with van der Waals surface area (Å²) in [5, 5.41) is 4.13. The molecule has 2 aromatic rings. The first-order valence-electron chi connectivity index (χ1n) is 8.60. The smallest absolute Gasteiger partial charge is 0.341 e. The van der Waals surface area contributed by atoms with E-state index >= 15 is 0 Å². The normalized spacial score (nSPS) is 13.4. The minimum absolute atomic E-state index is 0.247. The Morgan fingerprint density at radius 1 is 1.19 bits per heavy atom. The van der Waals surface area contributed by atoms with Crippen LogP contribution in [0, 0.1) is 0 Å². The minimum atomic E-state index is -0.427. The molecule has 1 heterocycles. The molecule has 1 aromatic carbocycles. The van der Waals surface area contributed by atoms with Crippen LogP contribution < -0.4 is 10.1 Å². The van der Waals surface area contributed by atoms with Gasteiger partial charge in [0, 0.05) is 16.0 Å². The van der Waals surface area contributed by atoms with Gasteiger partial charge in [0.2, 0.25) is 0 Å². The highest BCUT2D eigenvalue weighted by molar-refractivity contribution is 7.17. The lowest BCUT2D eigenvalue weighted by Crippen LogP contribution is -2.21. The number of hydrogen-bond acceptors (Lipinski definition) is 5. The molecule has 8 heteroatoms. The average Bonchev–Trinajstić information content (AvgIpc) is 2.82. The molecular weight excluding hydrogens is 409 g/mol. The molecule has 0 saturated carbocycles. The number of ether oxygens (including phenoxy) is 2. The molecule has 1 aliphatic rings. The van der Waals surface area contributed by atoms with Crippen molar-refractivity contribution in [3.05, 3.63) is 44.2 Å². The second kappa shape index (κ2) is 8.95. The number of methoxy groups -OCH3 is 1. The highest BCUT2D eigenvalue weighted by Crippen LogP contribution is 2.38. The van der Waals surface area contributed by atoms with Crippen molar-refractivity contribution in [2.75, 3.05) is 19.0 Å². The van der Waals surface area contributed by atoms with Gasteiger partial charge in [-0.1, -0.05) is 29.6 Å². The third-order valence-electron chi connectivity index (χ3n) is 4.32. The fourth-order valence-electron chi connectivity index (χ4n) is 3.04. The number of fused-ring (bicyclic) bond motifs is 1. The second-order valence-electron chi connectivity index (χ2n) is 6.17. The molecule has 5 nitrogen and oxygen atoms in total. The van der Waals surface area contributed by atoms with Crippen molar-refractivity contribution < 1.29 is 19.1 Å². The highest BCUT2D eigenvalue weighted by Gasteiger charge is 2.26. The Morgan fingerprint density at radius 3 is 2.74 bits per heavy atom. The number of rotatable bonds is 5. The van der Waals surface area contributed by atoms with Crippen LogP contribution in [0.3, 0.4) is 0 Å². The van der Waals surface area contributed by atoms with E-state index in [1.807, 2.05) is 0 Å². The number of aryl methyl sites for hydroxylation is 1. The molecule has 3 rings (SSSR count). The van der Waals surface area contributed by atoms with Crippen LogP contribution in [-0.4, -0.2) is 25.6 Å². The predicted molar refractivity (Wildman–Crippen MR) is 108 cm³/mol. The Kier molecular flexibility index (Phi) is 6.63. The fraction of sp³-hybridized carbons (Fsp3) is 0.368. The maximum Gasteiger partial charge on any atom is 0.341 e. The Bertz CT molecular complexity index is 866. The summed E-state index contributed by atoms with van der Waals surface area (Å²) in [5.74, 6) is -0.481. The van der Waals surface area contributed by atoms with E-state index in [0.717, 1.165) is 42.5 Å². The third kappa shape index (κ3) is 4.75. The van der Waals surface area contributed by atoms with Crippen molar-refractivity contribution in [1.82, 2.24) is 0 Å². The summed E-state index contributed by atoms with van der Waals surface area (Å²) in [6, 6.07) is 4.78. The lowest BCUT2D eigenvalue weighted by atomic mass is 10.1. The van der Waals surface area contributed by atoms with Gasteiger partial charge in [-0.25, -0.2) is 4.79 Å². The zero-order chi connectivity index (χ0) is 19.4. The van der Waals surface area contributed by atoms with Crippen LogP contribution in [0.1, 0.15) is 40.1 Å². The molecule has 1 aliphatic carbocycles. The van der Waals surface area contributed by atoms with Crippen molar-refractivity contribution in [3.8, 4) is 5.75 Å². The predicted octanol–water partition coefficient (Wildman–Crippen LogP) is 5.13. The van der Waals surface area contributed by atoms with Gasteiger partial charge in [0.25, 0.3) is 5.91 Å². The van der Waals surface area contributed by atoms with Crippen LogP contribution in [0.4, 0.5) is 5.00 Å². The summed E-state index contributed by atoms with van der Waals surface area (Å²) < 4.78 is 10.4. The quantitative estimate of drug-likeness (QED) is 0.530. The average molecular weight is 428 g/mol. The number of hydrogen-bond donors (Lipinski definition) is 1. The van der Waals surface area contributed by atoms with Crippen molar-refractivity contribution in [3.63, 3.8) is 0 Å². The van der Waals surface area contributed by atoms with Gasteiger partial charge in [0.1, 0.15) is 10.8 Å². The Morgan fingerprint density at radius 2 is 1.96 bits per heavy atom. The molecule has 27 heavy (non-hydrogen) atoms. The molecule has 0 fully saturated rings. The highest BCUT2D eigenvalue weighted by atomic mass is 35.5. The van der Waals surface area contributed by atoms with E-state index in [1.54, 1.807) is 18.2 Å². The summed E-state index contributed by atoms with van der Waals surface area (Å²) in [6.07, 6.45) is 4.97. The van der Waals surface area contributed by atoms with Gasteiger partial charge < -0.3 is 14.8 Å². The van der Waals surface area contributed by atoms with Crippen LogP contribution in [-0.2, 0) is 22.4 Å². The number of carbonyl (C=O) groups excluding carboxylic acids is 2. The number of benzene rings is 1. The first kappa shape index (κ1) is 20.0. The molecule has 0 saturated heterocycles. The van der Waals surface area contributed by atoms with Gasteiger partial charge in [-0.15, -0.1) is 11.3 Å². The molecule has 0 radical (unpaired) electrons. The molecule has 0 spiro atoms. The van der Waals surface area contributed by atoms with Gasteiger partial charge in [-0.05, 0) is 43.4 Å². The van der Waals surface area contributed by atoms with Crippen LogP contribution in [0.25, 0.3) is 0 Å². The van der Waals surface area contributed by atoms with E-state index < -0.39 is 5.97 Å². The monoisotopic (exact) mass is 427 g/mol. The van der Waals surface area contributed by atoms with Crippen LogP contribution in [0.2, 0.25) is 10.0 Å². The summed E-state index contributed by atoms with van der Waals surface area (Å²) >= 11 is 13.4. The van der Waals surface area contributed by atoms with Crippen molar-refractivity contribution in [1.29, 1.82) is 0 Å². The van der Waals surface area contributed by atoms with Gasteiger partial charge >= 0.3 is 5.97 Å². The molecule has 1 N–H and O–H groups in total. The third-order valence-corrected chi connectivity index (χ3v) is 6.07. The van der Waals surface area contributed by atoms with E-state index in [0.29, 0.717) is 26.4 Å². The van der Waals surface area contributed by atoms with Crippen molar-refractivity contribution in [2.24, 2.45) is 0 Å². The summed E-state index contributed by atoms with van der Waals surface area (Å²) in [7, 11) is 1.35. The SMILES string of the molecule is COC(=O)c1c(NC(=O)COc2cc(Cl)ccc2Cl)sc2c1CCCCC2. The van der Waals surface area contributed by atoms with E-state index in [4.69, 9.17) is 32.7 Å². The van der Waals surface area contributed by atoms with E-state index in [1.165, 1.54) is 18.4 Å². The standard InChI is InChI=1S/C19H19Cl2NO4S/c1-25-19(24)17-12-5-3-2-4-6-15(12)27-18(17)22-16(23)10-26-14-9-11(20)7-8-13(14)21/h7-9H,2-6,10H2,1H3,(H,22,23). The Labute approximate surface area is 171 Å². The van der Waals surface area contributed by atoms with Crippen LogP contribution >= 0.6 is 34.5 Å². The van der Waals surface area contributed by atoms with E-state index in [2.05, 4.69) is 5.32 Å². The Hall–Kier alpha value is -1.76. The zero-order valence-corrected chi connectivity index (χ0v) is 17.1. The van der Waals surface area contributed by atoms with E-state index in [-0.39, 0.29) is 12.5 Å². The first-order chi connectivity index (χ1) is 13.0. The molecule has 1 aromatic heterocycles. The lowest BCUT2D eigenvalue weighted by Gasteiger charge is -2.10. The molecular formula is C19H19Cl2NO4S. The largest absolute Gasteiger partial charge is 0.482 e. The number of thiophene rings is 1. The van der Waals surface area contributed by atoms with Crippen molar-refractivity contribution in [2.45, 2.75) is 32.1 Å². The number of anilines is 1. The molecule has 1 amide bonds. The topological polar surface area (TPSA) is 64.6 Å². The minimum Gasteiger partial charge on any atom is -0.482 e. The molecule has 144 valence electrons. The van der Waals surface area contributed by atoms with Gasteiger partial charge in [0.15, 0.2) is 6.61 Å². The maximum atomic E-state index is 12.4. The number of nitrogens with one attached hydrogen (secondary N) is 1. The number of carbonyl (C=O) groups is 2. The Balaban J connectivity index is 1.75. The number of esters is 1. The second-order valence-corrected chi connectivity index (χ2v) is 8.12. The summed E-state index contributed by atoms with van der Waals surface area (Å²) in [4.78, 5) is 25.8. The first-order valence-corrected chi connectivity index (χ1v) is 10.2. The summed E-state index contributed by atoms with van der Waals surface area (Å²) in [5.41, 5.74) is 1.46. The molecule has 0 unspecified atom stereocenters. The van der Waals surface area contributed by atoms with E-state index in [9.17, 15) is 9.59 Å². The van der Waals surface area contributed by atoms with Crippen LogP contribution in [0.15, 0.2) is 18.2 Å². The zero-order valence-electron chi connectivity index (χ0n) is 14.8. The van der Waals surface area contributed by atoms with Crippen LogP contribution in [0.5, 0.6) is 5.75 Å². The molecule has 0 atom stereocenters. The van der Waals surface area contributed by atoms with Gasteiger partial charge in [0.05, 0.1) is 17.7 Å². The number of halogens is 2. The fourth-order valence-corrected chi connectivity index (χ4v) is 4.67. The maximum absolute atomic E-state index is 12.4. The molecule has 0 aliphatic heterocycles. The van der Waals surface area contributed by atoms with Gasteiger partial charge in [-0.2, -0.15) is 0 Å². The van der Waals surface area contributed by atoms with Crippen molar-refractivity contribution >= 4 is 51.4 Å². The number of amides is 1.